The van der Waals surface area contributed by atoms with Gasteiger partial charge in [-0.1, -0.05) is 11.8 Å². The fourth-order valence-electron chi connectivity index (χ4n) is 2.37. The van der Waals surface area contributed by atoms with Gasteiger partial charge in [0.25, 0.3) is 0 Å². The molecular weight excluding hydrogens is 255 g/mol. The third-order valence-electron chi connectivity index (χ3n) is 3.48. The van der Waals surface area contributed by atoms with Gasteiger partial charge in [0.15, 0.2) is 0 Å². The number of nitrogens with zero attached hydrogens (tertiary/aromatic N) is 1. The lowest BCUT2D eigenvalue weighted by molar-refractivity contribution is -0.0553. The minimum absolute atomic E-state index is 0.0341. The molecule has 20 heavy (non-hydrogen) atoms. The van der Waals surface area contributed by atoms with Crippen LogP contribution in [0.3, 0.4) is 0 Å². The van der Waals surface area contributed by atoms with E-state index in [4.69, 9.17) is 10.5 Å². The monoisotopic (exact) mass is 276 g/mol. The van der Waals surface area contributed by atoms with Crippen LogP contribution in [0.1, 0.15) is 25.0 Å². The molecule has 1 fully saturated rings. The van der Waals surface area contributed by atoms with Crippen LogP contribution < -0.4 is 5.73 Å². The smallest absolute Gasteiger partial charge is 0.124 e. The van der Waals surface area contributed by atoms with Crippen molar-refractivity contribution in [3.05, 3.63) is 35.1 Å². The van der Waals surface area contributed by atoms with Gasteiger partial charge >= 0.3 is 0 Å². The summed E-state index contributed by atoms with van der Waals surface area (Å²) < 4.78 is 19.2. The number of halogens is 1. The lowest BCUT2D eigenvalue weighted by Gasteiger charge is -2.42. The van der Waals surface area contributed by atoms with Crippen molar-refractivity contribution in [2.75, 3.05) is 26.3 Å². The van der Waals surface area contributed by atoms with Gasteiger partial charge in [-0.25, -0.2) is 4.39 Å². The van der Waals surface area contributed by atoms with Crippen LogP contribution in [0.2, 0.25) is 0 Å². The minimum atomic E-state index is -0.255. The van der Waals surface area contributed by atoms with Crippen molar-refractivity contribution in [1.29, 1.82) is 0 Å². The number of hydrogen-bond acceptors (Lipinski definition) is 3. The van der Waals surface area contributed by atoms with Crippen molar-refractivity contribution in [2.24, 2.45) is 5.73 Å². The summed E-state index contributed by atoms with van der Waals surface area (Å²) >= 11 is 0. The van der Waals surface area contributed by atoms with Crippen molar-refractivity contribution in [1.82, 2.24) is 4.90 Å². The second-order valence-corrected chi connectivity index (χ2v) is 5.64. The maximum atomic E-state index is 13.7. The molecule has 0 aliphatic carbocycles. The van der Waals surface area contributed by atoms with Crippen LogP contribution in [0.25, 0.3) is 0 Å². The summed E-state index contributed by atoms with van der Waals surface area (Å²) in [5.41, 5.74) is 6.92. The van der Waals surface area contributed by atoms with Crippen LogP contribution in [0, 0.1) is 17.7 Å². The molecule has 2 rings (SSSR count). The van der Waals surface area contributed by atoms with E-state index in [1.165, 1.54) is 6.07 Å². The quantitative estimate of drug-likeness (QED) is 0.836. The number of ether oxygens (including phenoxy) is 1. The van der Waals surface area contributed by atoms with Gasteiger partial charge < -0.3 is 10.5 Å². The predicted octanol–water partition coefficient (Wildman–Crippen LogP) is 1.75. The molecule has 0 unspecified atom stereocenters. The van der Waals surface area contributed by atoms with Gasteiger partial charge in [0.1, 0.15) is 5.82 Å². The summed E-state index contributed by atoms with van der Waals surface area (Å²) in [6.07, 6.45) is 0. The molecule has 0 saturated carbocycles. The molecule has 1 aromatic carbocycles. The zero-order valence-corrected chi connectivity index (χ0v) is 12.1. The average molecular weight is 276 g/mol. The van der Waals surface area contributed by atoms with Crippen LogP contribution in [-0.4, -0.2) is 36.7 Å². The van der Waals surface area contributed by atoms with E-state index in [0.717, 1.165) is 18.7 Å². The Morgan fingerprint density at radius 2 is 2.20 bits per heavy atom. The van der Waals surface area contributed by atoms with Crippen LogP contribution in [0.5, 0.6) is 0 Å². The van der Waals surface area contributed by atoms with Gasteiger partial charge in [0.05, 0.1) is 19.8 Å². The zero-order chi connectivity index (χ0) is 14.6. The van der Waals surface area contributed by atoms with Crippen LogP contribution in [0.4, 0.5) is 4.39 Å². The topological polar surface area (TPSA) is 38.5 Å². The van der Waals surface area contributed by atoms with Gasteiger partial charge in [-0.3, -0.25) is 4.90 Å². The summed E-state index contributed by atoms with van der Waals surface area (Å²) in [7, 11) is 0. The van der Waals surface area contributed by atoms with Crippen LogP contribution in [-0.2, 0) is 11.3 Å². The highest BCUT2D eigenvalue weighted by Gasteiger charge is 2.30. The number of nitrogens with two attached hydrogens (primary N) is 1. The second-order valence-electron chi connectivity index (χ2n) is 5.64. The molecule has 1 saturated heterocycles. The Balaban J connectivity index is 2.18. The maximum absolute atomic E-state index is 13.7. The molecular formula is C16H21FN2O. The Morgan fingerprint density at radius 1 is 1.40 bits per heavy atom. The van der Waals surface area contributed by atoms with Crippen molar-refractivity contribution in [3.8, 4) is 11.8 Å². The van der Waals surface area contributed by atoms with E-state index < -0.39 is 0 Å². The summed E-state index contributed by atoms with van der Waals surface area (Å²) in [5.74, 6) is 5.39. The van der Waals surface area contributed by atoms with Gasteiger partial charge in [0, 0.05) is 24.2 Å². The number of hydrogen-bond donors (Lipinski definition) is 1. The predicted molar refractivity (Wildman–Crippen MR) is 77.6 cm³/mol. The minimum Gasteiger partial charge on any atom is -0.378 e. The highest BCUT2D eigenvalue weighted by Crippen LogP contribution is 2.22. The van der Waals surface area contributed by atoms with Crippen molar-refractivity contribution in [3.63, 3.8) is 0 Å². The summed E-state index contributed by atoms with van der Waals surface area (Å²) in [5, 5.41) is 0. The lowest BCUT2D eigenvalue weighted by atomic mass is 10.0. The first-order chi connectivity index (χ1) is 9.51. The fraction of sp³-hybridized carbons (Fsp3) is 0.500. The third-order valence-corrected chi connectivity index (χ3v) is 3.48. The molecule has 2 N–H and O–H groups in total. The highest BCUT2D eigenvalue weighted by molar-refractivity contribution is 5.38. The molecule has 1 aromatic rings. The molecule has 0 atom stereocenters. The molecule has 1 heterocycles. The van der Waals surface area contributed by atoms with E-state index in [1.807, 2.05) is 6.07 Å². The maximum Gasteiger partial charge on any atom is 0.124 e. The van der Waals surface area contributed by atoms with Crippen molar-refractivity contribution >= 4 is 0 Å². The molecule has 0 amide bonds. The molecule has 3 nitrogen and oxygen atoms in total. The van der Waals surface area contributed by atoms with E-state index >= 15 is 0 Å². The standard InChI is InChI=1S/C16H21FN2O/c1-16(2)12-20-7-6-19(16)11-14-8-13(4-3-5-18)9-15(17)10-14/h8-10H,5-7,11-12,18H2,1-2H3. The number of morpholine rings is 1. The van der Waals surface area contributed by atoms with Crippen molar-refractivity contribution < 1.29 is 9.13 Å². The SMILES string of the molecule is CC1(C)COCCN1Cc1cc(F)cc(C#CCN)c1. The summed E-state index contributed by atoms with van der Waals surface area (Å²) in [4.78, 5) is 2.31. The van der Waals surface area contributed by atoms with E-state index in [2.05, 4.69) is 30.6 Å². The molecule has 4 heteroatoms. The fourth-order valence-corrected chi connectivity index (χ4v) is 2.37. The highest BCUT2D eigenvalue weighted by atomic mass is 19.1. The first kappa shape index (κ1) is 15.0. The van der Waals surface area contributed by atoms with Gasteiger partial charge in [-0.15, -0.1) is 0 Å². The first-order valence-corrected chi connectivity index (χ1v) is 6.82. The lowest BCUT2D eigenvalue weighted by Crippen LogP contribution is -2.52. The van der Waals surface area contributed by atoms with Crippen LogP contribution in [0.15, 0.2) is 18.2 Å². The zero-order valence-electron chi connectivity index (χ0n) is 12.1. The Kier molecular flexibility index (Phi) is 4.77. The number of rotatable bonds is 2. The van der Waals surface area contributed by atoms with E-state index in [1.54, 1.807) is 6.07 Å². The molecule has 1 aliphatic heterocycles. The van der Waals surface area contributed by atoms with Crippen molar-refractivity contribution in [2.45, 2.75) is 25.9 Å². The molecule has 1 aliphatic rings. The Bertz CT molecular complexity index is 531. The first-order valence-electron chi connectivity index (χ1n) is 6.82. The third kappa shape index (κ3) is 3.80. The normalized spacial score (nSPS) is 18.4. The molecule has 108 valence electrons. The molecule has 0 aromatic heterocycles. The van der Waals surface area contributed by atoms with E-state index in [-0.39, 0.29) is 17.9 Å². The van der Waals surface area contributed by atoms with Gasteiger partial charge in [-0.05, 0) is 37.6 Å². The van der Waals surface area contributed by atoms with E-state index in [0.29, 0.717) is 18.7 Å². The van der Waals surface area contributed by atoms with Crippen LogP contribution >= 0.6 is 0 Å². The molecule has 0 spiro atoms. The molecule has 0 bridgehead atoms. The Labute approximate surface area is 119 Å². The second kappa shape index (κ2) is 6.36. The largest absolute Gasteiger partial charge is 0.378 e. The number of benzene rings is 1. The van der Waals surface area contributed by atoms with E-state index in [9.17, 15) is 4.39 Å². The Morgan fingerprint density at radius 3 is 2.90 bits per heavy atom. The average Bonchev–Trinajstić information content (AvgIpc) is 2.38. The summed E-state index contributed by atoms with van der Waals surface area (Å²) in [6.45, 7) is 7.53. The summed E-state index contributed by atoms with van der Waals surface area (Å²) in [6, 6.07) is 4.94. The van der Waals surface area contributed by atoms with Gasteiger partial charge in [0.2, 0.25) is 0 Å². The van der Waals surface area contributed by atoms with Gasteiger partial charge in [-0.2, -0.15) is 0 Å². The Hall–Kier alpha value is -1.41. The molecule has 0 radical (unpaired) electrons.